The van der Waals surface area contributed by atoms with Crippen LogP contribution < -0.4 is 15.4 Å². The van der Waals surface area contributed by atoms with E-state index in [4.69, 9.17) is 9.47 Å². The Hall–Kier alpha value is -1.02. The van der Waals surface area contributed by atoms with Crippen molar-refractivity contribution in [1.29, 1.82) is 0 Å². The number of fused-ring (bicyclic) bond motifs is 1. The molecule has 28 heavy (non-hydrogen) atoms. The van der Waals surface area contributed by atoms with Crippen LogP contribution in [0.1, 0.15) is 63.0 Å². The summed E-state index contributed by atoms with van der Waals surface area (Å²) in [6.07, 6.45) is 9.56. The van der Waals surface area contributed by atoms with Crippen LogP contribution in [0.5, 0.6) is 5.75 Å². The lowest BCUT2D eigenvalue weighted by molar-refractivity contribution is 0.0396. The monoisotopic (exact) mass is 499 g/mol. The van der Waals surface area contributed by atoms with Gasteiger partial charge in [-0.05, 0) is 56.9 Å². The highest BCUT2D eigenvalue weighted by atomic mass is 127. The molecular weight excluding hydrogens is 465 g/mol. The van der Waals surface area contributed by atoms with Gasteiger partial charge in [0.2, 0.25) is 0 Å². The molecule has 4 rings (SSSR count). The minimum atomic E-state index is 0. The number of rotatable bonds is 7. The van der Waals surface area contributed by atoms with Crippen molar-refractivity contribution in [3.63, 3.8) is 0 Å². The summed E-state index contributed by atoms with van der Waals surface area (Å²) in [6.45, 7) is 2.64. The fraction of sp³-hybridized carbons (Fsp3) is 0.682. The maximum Gasteiger partial charge on any atom is 0.191 e. The molecule has 0 radical (unpaired) electrons. The summed E-state index contributed by atoms with van der Waals surface area (Å²) in [4.78, 5) is 4.44. The van der Waals surface area contributed by atoms with Gasteiger partial charge in [-0.1, -0.05) is 18.2 Å². The van der Waals surface area contributed by atoms with Gasteiger partial charge < -0.3 is 20.1 Å². The zero-order valence-electron chi connectivity index (χ0n) is 16.9. The Morgan fingerprint density at radius 3 is 2.79 bits per heavy atom. The second-order valence-electron chi connectivity index (χ2n) is 8.30. The van der Waals surface area contributed by atoms with Gasteiger partial charge in [-0.3, -0.25) is 4.99 Å². The molecule has 0 saturated heterocycles. The number of para-hydroxylation sites is 1. The van der Waals surface area contributed by atoms with E-state index in [1.165, 1.54) is 31.2 Å². The van der Waals surface area contributed by atoms with Gasteiger partial charge in [0.25, 0.3) is 0 Å². The topological polar surface area (TPSA) is 54.9 Å². The molecule has 5 nitrogen and oxygen atoms in total. The first-order valence-electron chi connectivity index (χ1n) is 10.6. The summed E-state index contributed by atoms with van der Waals surface area (Å²) in [5.74, 6) is 2.74. The number of hydrogen-bond acceptors (Lipinski definition) is 3. The fourth-order valence-corrected chi connectivity index (χ4v) is 4.35. The second kappa shape index (κ2) is 10.1. The minimum Gasteiger partial charge on any atom is -0.487 e. The fourth-order valence-electron chi connectivity index (χ4n) is 4.35. The van der Waals surface area contributed by atoms with Crippen LogP contribution in [0.2, 0.25) is 0 Å². The molecule has 1 aromatic rings. The highest BCUT2D eigenvalue weighted by Gasteiger charge is 2.43. The Bertz CT molecular complexity index is 657. The molecule has 0 amide bonds. The van der Waals surface area contributed by atoms with Crippen LogP contribution in [-0.4, -0.2) is 38.4 Å². The highest BCUT2D eigenvalue weighted by molar-refractivity contribution is 14.0. The molecule has 1 heterocycles. The molecule has 6 heteroatoms. The third kappa shape index (κ3) is 5.53. The van der Waals surface area contributed by atoms with Crippen molar-refractivity contribution in [2.24, 2.45) is 10.9 Å². The molecule has 2 saturated carbocycles. The summed E-state index contributed by atoms with van der Waals surface area (Å²) < 4.78 is 12.2. The molecule has 0 aromatic heterocycles. The van der Waals surface area contributed by atoms with Crippen LogP contribution in [0.3, 0.4) is 0 Å². The summed E-state index contributed by atoms with van der Waals surface area (Å²) in [5.41, 5.74) is 1.24. The molecule has 2 fully saturated rings. The molecule has 2 N–H and O–H groups in total. The van der Waals surface area contributed by atoms with Gasteiger partial charge in [-0.2, -0.15) is 0 Å². The number of aliphatic imine (C=N–C) groups is 1. The van der Waals surface area contributed by atoms with E-state index in [0.717, 1.165) is 63.1 Å². The SMILES string of the molecule is CN=C(NCCCOCC1CC1)NC1CC2(CCCC2)Oc2ccccc21.I. The first-order chi connectivity index (χ1) is 13.3. The second-order valence-corrected chi connectivity index (χ2v) is 8.30. The van der Waals surface area contributed by atoms with E-state index >= 15 is 0 Å². The molecule has 1 aliphatic heterocycles. The lowest BCUT2D eigenvalue weighted by atomic mass is 9.86. The number of ether oxygens (including phenoxy) is 2. The molecular formula is C22H34IN3O2. The maximum atomic E-state index is 6.46. The zero-order valence-corrected chi connectivity index (χ0v) is 19.2. The van der Waals surface area contributed by atoms with Crippen LogP contribution in [0.15, 0.2) is 29.3 Å². The van der Waals surface area contributed by atoms with E-state index in [1.54, 1.807) is 0 Å². The van der Waals surface area contributed by atoms with Crippen molar-refractivity contribution in [2.45, 2.75) is 63.0 Å². The predicted molar refractivity (Wildman–Crippen MR) is 124 cm³/mol. The van der Waals surface area contributed by atoms with Crippen molar-refractivity contribution in [3.8, 4) is 5.75 Å². The number of nitrogens with one attached hydrogen (secondary N) is 2. The van der Waals surface area contributed by atoms with Crippen LogP contribution in [0.25, 0.3) is 0 Å². The van der Waals surface area contributed by atoms with E-state index in [-0.39, 0.29) is 35.6 Å². The standard InChI is InChI=1S/C22H33N3O2.HI/c1-23-21(24-13-6-14-26-16-17-9-10-17)25-19-15-22(11-4-5-12-22)27-20-8-3-2-7-18(19)20;/h2-3,7-8,17,19H,4-6,9-16H2,1H3,(H2,23,24,25);1H. The Morgan fingerprint density at radius 2 is 2.04 bits per heavy atom. The first-order valence-corrected chi connectivity index (χ1v) is 10.6. The van der Waals surface area contributed by atoms with E-state index in [2.05, 4.69) is 39.9 Å². The zero-order chi connectivity index (χ0) is 18.5. The van der Waals surface area contributed by atoms with Crippen LogP contribution in [0.4, 0.5) is 0 Å². The van der Waals surface area contributed by atoms with Gasteiger partial charge in [0.05, 0.1) is 6.04 Å². The lowest BCUT2D eigenvalue weighted by Crippen LogP contribution is -2.46. The summed E-state index contributed by atoms with van der Waals surface area (Å²) in [6, 6.07) is 8.69. The normalized spacial score (nSPS) is 22.9. The molecule has 0 bridgehead atoms. The van der Waals surface area contributed by atoms with Crippen LogP contribution in [0, 0.1) is 5.92 Å². The van der Waals surface area contributed by atoms with Gasteiger partial charge >= 0.3 is 0 Å². The van der Waals surface area contributed by atoms with Crippen molar-refractivity contribution in [2.75, 3.05) is 26.8 Å². The van der Waals surface area contributed by atoms with Gasteiger partial charge in [-0.25, -0.2) is 0 Å². The molecule has 1 atom stereocenters. The number of guanidine groups is 1. The Morgan fingerprint density at radius 1 is 1.25 bits per heavy atom. The number of halogens is 1. The largest absolute Gasteiger partial charge is 0.487 e. The first kappa shape index (κ1) is 21.7. The number of benzene rings is 1. The molecule has 2 aliphatic carbocycles. The van der Waals surface area contributed by atoms with E-state index in [0.29, 0.717) is 0 Å². The Balaban J connectivity index is 0.00000225. The molecule has 1 aromatic carbocycles. The summed E-state index contributed by atoms with van der Waals surface area (Å²) in [5, 5.41) is 7.10. The summed E-state index contributed by atoms with van der Waals surface area (Å²) >= 11 is 0. The van der Waals surface area contributed by atoms with Crippen LogP contribution >= 0.6 is 24.0 Å². The smallest absolute Gasteiger partial charge is 0.191 e. The van der Waals surface area contributed by atoms with Gasteiger partial charge in [-0.15, -0.1) is 24.0 Å². The summed E-state index contributed by atoms with van der Waals surface area (Å²) in [7, 11) is 1.84. The minimum absolute atomic E-state index is 0. The van der Waals surface area contributed by atoms with Gasteiger partial charge in [0.1, 0.15) is 11.4 Å². The Kier molecular flexibility index (Phi) is 7.85. The van der Waals surface area contributed by atoms with Crippen molar-refractivity contribution < 1.29 is 9.47 Å². The maximum absolute atomic E-state index is 6.46. The molecule has 156 valence electrons. The Labute approximate surface area is 186 Å². The average molecular weight is 499 g/mol. The molecule has 1 spiro atoms. The third-order valence-corrected chi connectivity index (χ3v) is 6.05. The quantitative estimate of drug-likeness (QED) is 0.253. The average Bonchev–Trinajstić information content (AvgIpc) is 3.42. The predicted octanol–water partition coefficient (Wildman–Crippen LogP) is 4.42. The lowest BCUT2D eigenvalue weighted by Gasteiger charge is -2.40. The number of nitrogens with zero attached hydrogens (tertiary/aromatic N) is 1. The van der Waals surface area contributed by atoms with E-state index < -0.39 is 0 Å². The third-order valence-electron chi connectivity index (χ3n) is 6.05. The van der Waals surface area contributed by atoms with Crippen LogP contribution in [-0.2, 0) is 4.74 Å². The number of hydrogen-bond donors (Lipinski definition) is 2. The highest BCUT2D eigenvalue weighted by Crippen LogP contribution is 2.46. The molecule has 1 unspecified atom stereocenters. The molecule has 3 aliphatic rings. The van der Waals surface area contributed by atoms with E-state index in [1.807, 2.05) is 7.05 Å². The van der Waals surface area contributed by atoms with Crippen molar-refractivity contribution in [3.05, 3.63) is 29.8 Å². The van der Waals surface area contributed by atoms with Gasteiger partial charge in [0.15, 0.2) is 5.96 Å². The van der Waals surface area contributed by atoms with Crippen molar-refractivity contribution >= 4 is 29.9 Å². The van der Waals surface area contributed by atoms with Crippen molar-refractivity contribution in [1.82, 2.24) is 10.6 Å². The van der Waals surface area contributed by atoms with E-state index in [9.17, 15) is 0 Å². The van der Waals surface area contributed by atoms with Gasteiger partial charge in [0, 0.05) is 38.8 Å².